The molecule has 1 aliphatic carbocycles. The van der Waals surface area contributed by atoms with E-state index in [1.807, 2.05) is 13.8 Å². The second-order valence-electron chi connectivity index (χ2n) is 5.80. The van der Waals surface area contributed by atoms with Gasteiger partial charge < -0.3 is 14.9 Å². The standard InChI is InChI=1S/C14H23N3O3/c1-10(2)12-16-11(20-17-12)6-5-9-15-13(18)14(19)7-3-4-8-14/h10,19H,3-9H2,1-2H3,(H,15,18). The van der Waals surface area contributed by atoms with Crippen molar-refractivity contribution < 1.29 is 14.4 Å². The molecule has 0 aromatic carbocycles. The minimum Gasteiger partial charge on any atom is -0.380 e. The summed E-state index contributed by atoms with van der Waals surface area (Å²) in [7, 11) is 0. The van der Waals surface area contributed by atoms with Crippen LogP contribution < -0.4 is 5.32 Å². The van der Waals surface area contributed by atoms with Gasteiger partial charge in [0.15, 0.2) is 5.82 Å². The molecular formula is C14H23N3O3. The molecule has 1 amide bonds. The second kappa shape index (κ2) is 6.35. The number of carbonyl (C=O) groups is 1. The zero-order valence-electron chi connectivity index (χ0n) is 12.2. The van der Waals surface area contributed by atoms with E-state index in [2.05, 4.69) is 15.5 Å². The van der Waals surface area contributed by atoms with Crippen LogP contribution in [0.5, 0.6) is 0 Å². The van der Waals surface area contributed by atoms with Crippen LogP contribution in [0.3, 0.4) is 0 Å². The Labute approximate surface area is 118 Å². The lowest BCUT2D eigenvalue weighted by molar-refractivity contribution is -0.139. The third kappa shape index (κ3) is 3.56. The predicted octanol–water partition coefficient (Wildman–Crippen LogP) is 1.55. The number of hydrogen-bond donors (Lipinski definition) is 2. The molecule has 1 aliphatic rings. The van der Waals surface area contributed by atoms with E-state index in [9.17, 15) is 9.90 Å². The van der Waals surface area contributed by atoms with E-state index in [0.29, 0.717) is 37.5 Å². The maximum absolute atomic E-state index is 11.9. The van der Waals surface area contributed by atoms with Crippen molar-refractivity contribution in [3.63, 3.8) is 0 Å². The lowest BCUT2D eigenvalue weighted by atomic mass is 10.0. The van der Waals surface area contributed by atoms with Crippen LogP contribution in [-0.4, -0.2) is 33.3 Å². The van der Waals surface area contributed by atoms with Gasteiger partial charge in [-0.1, -0.05) is 19.0 Å². The number of rotatable bonds is 6. The summed E-state index contributed by atoms with van der Waals surface area (Å²) in [5.74, 6) is 1.32. The van der Waals surface area contributed by atoms with E-state index in [1.54, 1.807) is 0 Å². The van der Waals surface area contributed by atoms with Crippen molar-refractivity contribution >= 4 is 5.91 Å². The molecule has 0 saturated heterocycles. The molecule has 1 heterocycles. The monoisotopic (exact) mass is 281 g/mol. The lowest BCUT2D eigenvalue weighted by Gasteiger charge is -2.20. The van der Waals surface area contributed by atoms with Crippen molar-refractivity contribution in [3.05, 3.63) is 11.7 Å². The number of aromatic nitrogens is 2. The molecule has 0 aliphatic heterocycles. The van der Waals surface area contributed by atoms with E-state index in [-0.39, 0.29) is 11.8 Å². The topological polar surface area (TPSA) is 88.2 Å². The molecule has 6 heteroatoms. The average Bonchev–Trinajstić information content (AvgIpc) is 3.04. The Hall–Kier alpha value is -1.43. The quantitative estimate of drug-likeness (QED) is 0.772. The Morgan fingerprint density at radius 3 is 2.75 bits per heavy atom. The van der Waals surface area contributed by atoms with Crippen LogP contribution in [0.15, 0.2) is 4.52 Å². The fourth-order valence-electron chi connectivity index (χ4n) is 2.40. The fourth-order valence-corrected chi connectivity index (χ4v) is 2.40. The summed E-state index contributed by atoms with van der Waals surface area (Å²) in [6.07, 6.45) is 4.34. The van der Waals surface area contributed by atoms with Gasteiger partial charge in [-0.05, 0) is 32.1 Å². The van der Waals surface area contributed by atoms with Crippen molar-refractivity contribution in [2.75, 3.05) is 6.54 Å². The number of aliphatic hydroxyl groups is 1. The van der Waals surface area contributed by atoms with Crippen LogP contribution in [0.4, 0.5) is 0 Å². The maximum Gasteiger partial charge on any atom is 0.251 e. The highest BCUT2D eigenvalue weighted by molar-refractivity contribution is 5.85. The molecule has 0 spiro atoms. The number of amides is 1. The number of nitrogens with one attached hydrogen (secondary N) is 1. The molecule has 1 saturated carbocycles. The summed E-state index contributed by atoms with van der Waals surface area (Å²) < 4.78 is 5.13. The summed E-state index contributed by atoms with van der Waals surface area (Å²) >= 11 is 0. The Balaban J connectivity index is 1.69. The maximum atomic E-state index is 11.9. The molecule has 20 heavy (non-hydrogen) atoms. The Kier molecular flexibility index (Phi) is 4.75. The van der Waals surface area contributed by atoms with E-state index in [4.69, 9.17) is 4.52 Å². The third-order valence-electron chi connectivity index (χ3n) is 3.71. The van der Waals surface area contributed by atoms with Gasteiger partial charge in [0, 0.05) is 18.9 Å². The van der Waals surface area contributed by atoms with E-state index in [1.165, 1.54) is 0 Å². The number of hydrogen-bond acceptors (Lipinski definition) is 5. The summed E-state index contributed by atoms with van der Waals surface area (Å²) in [4.78, 5) is 16.1. The minimum absolute atomic E-state index is 0.247. The lowest BCUT2D eigenvalue weighted by Crippen LogP contribution is -2.45. The Morgan fingerprint density at radius 2 is 2.15 bits per heavy atom. The smallest absolute Gasteiger partial charge is 0.251 e. The summed E-state index contributed by atoms with van der Waals surface area (Å²) in [5, 5.41) is 16.8. The van der Waals surface area contributed by atoms with Gasteiger partial charge >= 0.3 is 0 Å². The largest absolute Gasteiger partial charge is 0.380 e. The first-order valence-corrected chi connectivity index (χ1v) is 7.34. The van der Waals surface area contributed by atoms with Crippen molar-refractivity contribution in [2.24, 2.45) is 0 Å². The Morgan fingerprint density at radius 1 is 1.45 bits per heavy atom. The molecule has 6 nitrogen and oxygen atoms in total. The van der Waals surface area contributed by atoms with Crippen molar-refractivity contribution in [3.8, 4) is 0 Å². The zero-order valence-corrected chi connectivity index (χ0v) is 12.2. The van der Waals surface area contributed by atoms with Gasteiger partial charge in [0.2, 0.25) is 5.89 Å². The molecule has 112 valence electrons. The molecule has 1 aromatic rings. The van der Waals surface area contributed by atoms with Crippen LogP contribution in [0.1, 0.15) is 63.6 Å². The molecule has 0 radical (unpaired) electrons. The number of nitrogens with zero attached hydrogens (tertiary/aromatic N) is 2. The highest BCUT2D eigenvalue weighted by atomic mass is 16.5. The van der Waals surface area contributed by atoms with Crippen LogP contribution >= 0.6 is 0 Å². The average molecular weight is 281 g/mol. The van der Waals surface area contributed by atoms with Gasteiger partial charge in [0.05, 0.1) is 0 Å². The second-order valence-corrected chi connectivity index (χ2v) is 5.80. The van der Waals surface area contributed by atoms with Crippen molar-refractivity contribution in [1.82, 2.24) is 15.5 Å². The molecule has 0 bridgehead atoms. The van der Waals surface area contributed by atoms with Gasteiger partial charge in [-0.2, -0.15) is 4.98 Å². The minimum atomic E-state index is -1.14. The van der Waals surface area contributed by atoms with Crippen molar-refractivity contribution in [1.29, 1.82) is 0 Å². The highest BCUT2D eigenvalue weighted by Crippen LogP contribution is 2.29. The van der Waals surface area contributed by atoms with Gasteiger partial charge in [-0.3, -0.25) is 4.79 Å². The predicted molar refractivity (Wildman–Crippen MR) is 73.1 cm³/mol. The fraction of sp³-hybridized carbons (Fsp3) is 0.786. The molecule has 0 atom stereocenters. The molecule has 1 aromatic heterocycles. The SMILES string of the molecule is CC(C)c1noc(CCCNC(=O)C2(O)CCCC2)n1. The van der Waals surface area contributed by atoms with E-state index < -0.39 is 5.60 Å². The summed E-state index contributed by atoms with van der Waals surface area (Å²) in [5.41, 5.74) is -1.14. The van der Waals surface area contributed by atoms with Crippen LogP contribution in [0.25, 0.3) is 0 Å². The number of aryl methyl sites for hydroxylation is 1. The molecule has 2 N–H and O–H groups in total. The third-order valence-corrected chi connectivity index (χ3v) is 3.71. The van der Waals surface area contributed by atoms with Gasteiger partial charge in [0.25, 0.3) is 5.91 Å². The van der Waals surface area contributed by atoms with E-state index >= 15 is 0 Å². The van der Waals surface area contributed by atoms with Gasteiger partial charge in [-0.15, -0.1) is 0 Å². The molecule has 2 rings (SSSR count). The first kappa shape index (κ1) is 15.0. The molecule has 0 unspecified atom stereocenters. The zero-order chi connectivity index (χ0) is 14.6. The van der Waals surface area contributed by atoms with Gasteiger partial charge in [-0.25, -0.2) is 0 Å². The number of carbonyl (C=O) groups excluding carboxylic acids is 1. The first-order valence-electron chi connectivity index (χ1n) is 7.34. The van der Waals surface area contributed by atoms with Crippen LogP contribution in [-0.2, 0) is 11.2 Å². The molecule has 1 fully saturated rings. The van der Waals surface area contributed by atoms with Gasteiger partial charge in [0.1, 0.15) is 5.60 Å². The van der Waals surface area contributed by atoms with Crippen molar-refractivity contribution in [2.45, 2.75) is 63.9 Å². The Bertz CT molecular complexity index is 450. The summed E-state index contributed by atoms with van der Waals surface area (Å²) in [6.45, 7) is 4.54. The van der Waals surface area contributed by atoms with Crippen LogP contribution in [0.2, 0.25) is 0 Å². The molecular weight excluding hydrogens is 258 g/mol. The first-order chi connectivity index (χ1) is 9.51. The summed E-state index contributed by atoms with van der Waals surface area (Å²) in [6, 6.07) is 0. The van der Waals surface area contributed by atoms with Crippen LogP contribution in [0, 0.1) is 0 Å². The van der Waals surface area contributed by atoms with E-state index in [0.717, 1.165) is 19.3 Å². The highest BCUT2D eigenvalue weighted by Gasteiger charge is 2.38. The normalized spacial score (nSPS) is 17.6.